The number of rotatable bonds is 5. The van der Waals surface area contributed by atoms with Crippen LogP contribution in [0.4, 0.5) is 15.8 Å². The number of likely N-dealkylation sites (N-methyl/N-ethyl adjacent to an activating group) is 1. The average Bonchev–Trinajstić information content (AvgIpc) is 2.65. The highest BCUT2D eigenvalue weighted by atomic mass is 35.5. The molecular weight excluding hydrogens is 353 g/mol. The molecule has 0 spiro atoms. The van der Waals surface area contributed by atoms with Gasteiger partial charge in [0.15, 0.2) is 0 Å². The van der Waals surface area contributed by atoms with E-state index >= 15 is 0 Å². The van der Waals surface area contributed by atoms with Gasteiger partial charge in [-0.15, -0.1) is 0 Å². The Hall–Kier alpha value is -1.82. The zero-order valence-corrected chi connectivity index (χ0v) is 16.0. The van der Waals surface area contributed by atoms with E-state index in [1.165, 1.54) is 6.07 Å². The summed E-state index contributed by atoms with van der Waals surface area (Å²) in [7, 11) is 0. The number of aryl methyl sites for hydroxylation is 1. The maximum Gasteiger partial charge on any atom is 0.123 e. The van der Waals surface area contributed by atoms with Gasteiger partial charge < -0.3 is 10.6 Å². The van der Waals surface area contributed by atoms with Gasteiger partial charge in [-0.3, -0.25) is 4.84 Å². The largest absolute Gasteiger partial charge is 0.398 e. The van der Waals surface area contributed by atoms with Crippen molar-refractivity contribution in [2.24, 2.45) is 0 Å². The first kappa shape index (κ1) is 19.0. The van der Waals surface area contributed by atoms with E-state index in [4.69, 9.17) is 22.2 Å². The predicted molar refractivity (Wildman–Crippen MR) is 105 cm³/mol. The highest BCUT2D eigenvalue weighted by Crippen LogP contribution is 2.30. The molecule has 3 rings (SSSR count). The van der Waals surface area contributed by atoms with Gasteiger partial charge in [0.1, 0.15) is 5.82 Å². The lowest BCUT2D eigenvalue weighted by atomic mass is 10.0. The molecular formula is C20H25ClFN3O. The number of hydroxylamine groups is 2. The molecule has 1 aliphatic heterocycles. The van der Waals surface area contributed by atoms with Crippen LogP contribution in [-0.2, 0) is 11.4 Å². The minimum absolute atomic E-state index is 0.219. The fourth-order valence-corrected chi connectivity index (χ4v) is 3.47. The van der Waals surface area contributed by atoms with E-state index in [0.717, 1.165) is 36.3 Å². The molecule has 2 aromatic rings. The summed E-state index contributed by atoms with van der Waals surface area (Å²) in [5, 5.41) is 2.50. The van der Waals surface area contributed by atoms with Crippen molar-refractivity contribution in [2.75, 3.05) is 30.3 Å². The Balaban J connectivity index is 1.95. The summed E-state index contributed by atoms with van der Waals surface area (Å²) in [5.74, 6) is -0.219. The maximum atomic E-state index is 13.8. The number of benzene rings is 2. The van der Waals surface area contributed by atoms with Crippen molar-refractivity contribution >= 4 is 23.0 Å². The second kappa shape index (κ2) is 8.25. The number of nitrogens with zero attached hydrogens (tertiary/aromatic N) is 2. The molecule has 6 heteroatoms. The minimum Gasteiger partial charge on any atom is -0.398 e. The van der Waals surface area contributed by atoms with Crippen molar-refractivity contribution < 1.29 is 9.23 Å². The Kier molecular flexibility index (Phi) is 6.01. The molecule has 0 unspecified atom stereocenters. The third-order valence-electron chi connectivity index (χ3n) is 4.90. The molecule has 1 atom stereocenters. The Bertz CT molecular complexity index is 771. The van der Waals surface area contributed by atoms with Crippen molar-refractivity contribution in [3.63, 3.8) is 0 Å². The van der Waals surface area contributed by atoms with Crippen LogP contribution in [0.25, 0.3) is 0 Å². The Labute approximate surface area is 159 Å². The fraction of sp³-hybridized carbons (Fsp3) is 0.400. The monoisotopic (exact) mass is 377 g/mol. The number of anilines is 2. The summed E-state index contributed by atoms with van der Waals surface area (Å²) < 4.78 is 13.8. The summed E-state index contributed by atoms with van der Waals surface area (Å²) in [6.07, 6.45) is 0.896. The highest BCUT2D eigenvalue weighted by Gasteiger charge is 2.26. The molecule has 0 saturated carbocycles. The molecule has 1 aliphatic rings. The molecule has 26 heavy (non-hydrogen) atoms. The van der Waals surface area contributed by atoms with E-state index in [2.05, 4.69) is 11.8 Å². The zero-order chi connectivity index (χ0) is 18.7. The standard InChI is InChI=1S/C20H25ClFN3O/c1-3-24-13-18(8-9-26-24)25(17-6-7-20(23)19(21)11-17)12-15-10-16(22)5-4-14(15)2/h4-7,10-11,18H,3,8-9,12-13,23H2,1-2H3/t18-/m0/s1. The molecule has 140 valence electrons. The Morgan fingerprint density at radius 2 is 2.12 bits per heavy atom. The number of halogens is 2. The van der Waals surface area contributed by atoms with E-state index in [1.807, 2.05) is 36.3 Å². The molecule has 1 saturated heterocycles. The van der Waals surface area contributed by atoms with E-state index in [-0.39, 0.29) is 11.9 Å². The molecule has 0 aliphatic carbocycles. The second-order valence-corrected chi connectivity index (χ2v) is 7.07. The second-order valence-electron chi connectivity index (χ2n) is 6.66. The van der Waals surface area contributed by atoms with Crippen LogP contribution in [0.15, 0.2) is 36.4 Å². The number of nitrogens with two attached hydrogens (primary N) is 1. The summed E-state index contributed by atoms with van der Waals surface area (Å²) in [5.41, 5.74) is 9.45. The smallest absolute Gasteiger partial charge is 0.123 e. The van der Waals surface area contributed by atoms with Crippen molar-refractivity contribution in [1.82, 2.24) is 5.06 Å². The van der Waals surface area contributed by atoms with Crippen molar-refractivity contribution in [1.29, 1.82) is 0 Å². The quantitative estimate of drug-likeness (QED) is 0.784. The third kappa shape index (κ3) is 4.29. The van der Waals surface area contributed by atoms with Gasteiger partial charge in [-0.1, -0.05) is 24.6 Å². The van der Waals surface area contributed by atoms with Crippen LogP contribution < -0.4 is 10.6 Å². The van der Waals surface area contributed by atoms with Gasteiger partial charge in [0, 0.05) is 31.4 Å². The Morgan fingerprint density at radius 1 is 1.31 bits per heavy atom. The van der Waals surface area contributed by atoms with Crippen LogP contribution in [0.3, 0.4) is 0 Å². The fourth-order valence-electron chi connectivity index (χ4n) is 3.29. The summed E-state index contributed by atoms with van der Waals surface area (Å²) in [6, 6.07) is 10.8. The molecule has 2 N–H and O–H groups in total. The number of nitrogen functional groups attached to an aromatic ring is 1. The first-order valence-corrected chi connectivity index (χ1v) is 9.30. The van der Waals surface area contributed by atoms with Crippen molar-refractivity contribution in [3.8, 4) is 0 Å². The third-order valence-corrected chi connectivity index (χ3v) is 5.23. The van der Waals surface area contributed by atoms with Gasteiger partial charge in [0.05, 0.1) is 17.3 Å². The van der Waals surface area contributed by atoms with Gasteiger partial charge in [0.25, 0.3) is 0 Å². The maximum absolute atomic E-state index is 13.8. The van der Waals surface area contributed by atoms with E-state index < -0.39 is 0 Å². The number of hydrogen-bond donors (Lipinski definition) is 1. The minimum atomic E-state index is -0.219. The molecule has 0 bridgehead atoms. The van der Waals surface area contributed by atoms with Crippen LogP contribution >= 0.6 is 11.6 Å². The first-order chi connectivity index (χ1) is 12.5. The van der Waals surface area contributed by atoms with Crippen LogP contribution in [0, 0.1) is 12.7 Å². The van der Waals surface area contributed by atoms with Gasteiger partial charge >= 0.3 is 0 Å². The lowest BCUT2D eigenvalue weighted by Crippen LogP contribution is -2.48. The van der Waals surface area contributed by atoms with Crippen LogP contribution in [-0.4, -0.2) is 30.8 Å². The molecule has 4 nitrogen and oxygen atoms in total. The van der Waals surface area contributed by atoms with Gasteiger partial charge in [0.2, 0.25) is 0 Å². The molecule has 0 aromatic heterocycles. The lowest BCUT2D eigenvalue weighted by Gasteiger charge is -2.40. The molecule has 2 aromatic carbocycles. The molecule has 0 amide bonds. The summed E-state index contributed by atoms with van der Waals surface area (Å²) in [4.78, 5) is 7.96. The van der Waals surface area contributed by atoms with Crippen LogP contribution in [0.5, 0.6) is 0 Å². The average molecular weight is 378 g/mol. The molecule has 0 radical (unpaired) electrons. The normalized spacial score (nSPS) is 18.1. The van der Waals surface area contributed by atoms with Crippen LogP contribution in [0.1, 0.15) is 24.5 Å². The zero-order valence-electron chi connectivity index (χ0n) is 15.2. The lowest BCUT2D eigenvalue weighted by molar-refractivity contribution is -0.182. The predicted octanol–water partition coefficient (Wildman–Crippen LogP) is 4.40. The van der Waals surface area contributed by atoms with Gasteiger partial charge in [-0.25, -0.2) is 4.39 Å². The Morgan fingerprint density at radius 3 is 2.85 bits per heavy atom. The van der Waals surface area contributed by atoms with Gasteiger partial charge in [-0.2, -0.15) is 5.06 Å². The SMILES string of the molecule is CCN1C[C@@H](N(Cc2cc(F)ccc2C)c2ccc(N)c(Cl)c2)CCO1. The number of hydrogen-bond acceptors (Lipinski definition) is 4. The van der Waals surface area contributed by atoms with E-state index in [9.17, 15) is 4.39 Å². The summed E-state index contributed by atoms with van der Waals surface area (Å²) >= 11 is 6.27. The van der Waals surface area contributed by atoms with E-state index in [1.54, 1.807) is 6.07 Å². The van der Waals surface area contributed by atoms with E-state index in [0.29, 0.717) is 23.9 Å². The first-order valence-electron chi connectivity index (χ1n) is 8.92. The summed E-state index contributed by atoms with van der Waals surface area (Å²) in [6.45, 7) is 6.96. The molecule has 1 fully saturated rings. The van der Waals surface area contributed by atoms with Crippen molar-refractivity contribution in [3.05, 3.63) is 58.4 Å². The van der Waals surface area contributed by atoms with Crippen LogP contribution in [0.2, 0.25) is 5.02 Å². The van der Waals surface area contributed by atoms with Crippen molar-refractivity contribution in [2.45, 2.75) is 32.9 Å². The topological polar surface area (TPSA) is 41.7 Å². The van der Waals surface area contributed by atoms with Gasteiger partial charge in [-0.05, 0) is 54.8 Å². The molecule has 1 heterocycles. The highest BCUT2D eigenvalue weighted by molar-refractivity contribution is 6.33.